The van der Waals surface area contributed by atoms with Crippen LogP contribution in [0.1, 0.15) is 13.8 Å². The lowest BCUT2D eigenvalue weighted by Crippen LogP contribution is -2.19. The quantitative estimate of drug-likeness (QED) is 0.390. The van der Waals surface area contributed by atoms with Gasteiger partial charge in [-0.05, 0) is 0 Å². The molecule has 0 aliphatic carbocycles. The molecule has 13 heavy (non-hydrogen) atoms. The molecular formula is C6H12N2O3S2. The van der Waals surface area contributed by atoms with Gasteiger partial charge in [0.15, 0.2) is 0 Å². The molecule has 0 aromatic rings. The van der Waals surface area contributed by atoms with Crippen molar-refractivity contribution in [3.8, 4) is 0 Å². The second-order valence-corrected chi connectivity index (χ2v) is 3.65. The maximum atomic E-state index is 10.4. The number of carbonyl (C=O) groups excluding carboxylic acids is 2. The molecule has 0 aromatic heterocycles. The van der Waals surface area contributed by atoms with E-state index < -0.39 is 0 Å². The lowest BCUT2D eigenvalue weighted by molar-refractivity contribution is -0.119. The minimum absolute atomic E-state index is 0.0945. The van der Waals surface area contributed by atoms with Crippen LogP contribution in [0, 0.1) is 0 Å². The van der Waals surface area contributed by atoms with E-state index in [1.54, 1.807) is 0 Å². The Hall–Kier alpha value is -0.400. The highest BCUT2D eigenvalue weighted by Gasteiger charge is 1.94. The molecule has 0 aromatic carbocycles. The lowest BCUT2D eigenvalue weighted by atomic mass is 10.7. The first kappa shape index (κ1) is 12.6. The summed E-state index contributed by atoms with van der Waals surface area (Å²) in [6.07, 6.45) is 0. The summed E-state index contributed by atoms with van der Waals surface area (Å²) in [4.78, 5) is 20.8. The summed E-state index contributed by atoms with van der Waals surface area (Å²) < 4.78 is 4.94. The predicted molar refractivity (Wildman–Crippen MR) is 53.6 cm³/mol. The van der Waals surface area contributed by atoms with Crippen molar-refractivity contribution in [2.75, 3.05) is 11.8 Å². The molecule has 0 fully saturated rings. The summed E-state index contributed by atoms with van der Waals surface area (Å²) >= 11 is 2.23. The highest BCUT2D eigenvalue weighted by molar-refractivity contribution is 8.07. The minimum Gasteiger partial charge on any atom is -0.345 e. The van der Waals surface area contributed by atoms with Gasteiger partial charge in [-0.15, -0.1) is 0 Å². The molecular weight excluding hydrogens is 212 g/mol. The van der Waals surface area contributed by atoms with Crippen molar-refractivity contribution in [3.63, 3.8) is 0 Å². The number of hydrogen-bond acceptors (Lipinski definition) is 5. The zero-order valence-electron chi connectivity index (χ0n) is 7.46. The Labute approximate surface area is 85.8 Å². The van der Waals surface area contributed by atoms with E-state index in [1.807, 2.05) is 0 Å². The topological polar surface area (TPSA) is 67.4 Å². The van der Waals surface area contributed by atoms with Crippen LogP contribution in [0.15, 0.2) is 0 Å². The molecule has 0 rings (SSSR count). The number of nitrogens with one attached hydrogen (secondary N) is 2. The van der Waals surface area contributed by atoms with E-state index in [4.69, 9.17) is 3.63 Å². The lowest BCUT2D eigenvalue weighted by Gasteiger charge is -2.02. The summed E-state index contributed by atoms with van der Waals surface area (Å²) in [5.74, 6) is 0.621. The van der Waals surface area contributed by atoms with E-state index in [2.05, 4.69) is 10.6 Å². The maximum Gasteiger partial charge on any atom is 0.217 e. The van der Waals surface area contributed by atoms with Gasteiger partial charge < -0.3 is 10.6 Å². The molecule has 7 heteroatoms. The van der Waals surface area contributed by atoms with E-state index in [-0.39, 0.29) is 11.8 Å². The van der Waals surface area contributed by atoms with Gasteiger partial charge in [-0.2, -0.15) is 0 Å². The average molecular weight is 224 g/mol. The van der Waals surface area contributed by atoms with Crippen molar-refractivity contribution < 1.29 is 13.2 Å². The van der Waals surface area contributed by atoms with Gasteiger partial charge in [0.1, 0.15) is 0 Å². The summed E-state index contributed by atoms with van der Waals surface area (Å²) in [5, 5.41) is 5.09. The van der Waals surface area contributed by atoms with Gasteiger partial charge in [0.25, 0.3) is 0 Å². The van der Waals surface area contributed by atoms with Gasteiger partial charge in [0.05, 0.1) is 11.8 Å². The zero-order chi connectivity index (χ0) is 10.1. The van der Waals surface area contributed by atoms with Crippen molar-refractivity contribution in [1.82, 2.24) is 10.6 Å². The van der Waals surface area contributed by atoms with Crippen LogP contribution in [-0.4, -0.2) is 23.6 Å². The number of rotatable bonds is 6. The van der Waals surface area contributed by atoms with Gasteiger partial charge in [-0.1, -0.05) is 0 Å². The smallest absolute Gasteiger partial charge is 0.217 e. The molecule has 0 aliphatic heterocycles. The van der Waals surface area contributed by atoms with Crippen molar-refractivity contribution in [1.29, 1.82) is 0 Å². The van der Waals surface area contributed by atoms with E-state index in [1.165, 1.54) is 13.8 Å². The average Bonchev–Trinajstić information content (AvgIpc) is 2.01. The third kappa shape index (κ3) is 11.6. The molecule has 0 atom stereocenters. The molecule has 0 aliphatic rings. The van der Waals surface area contributed by atoms with Crippen molar-refractivity contribution in [2.45, 2.75) is 13.8 Å². The largest absolute Gasteiger partial charge is 0.345 e. The summed E-state index contributed by atoms with van der Waals surface area (Å²) in [6.45, 7) is 2.87. The first-order valence-electron chi connectivity index (χ1n) is 3.53. The van der Waals surface area contributed by atoms with Gasteiger partial charge in [-0.25, -0.2) is 3.63 Å². The van der Waals surface area contributed by atoms with Crippen LogP contribution >= 0.6 is 24.1 Å². The van der Waals surface area contributed by atoms with E-state index >= 15 is 0 Å². The third-order valence-electron chi connectivity index (χ3n) is 0.856. The fourth-order valence-corrected chi connectivity index (χ4v) is 1.53. The van der Waals surface area contributed by atoms with E-state index in [0.29, 0.717) is 11.8 Å². The summed E-state index contributed by atoms with van der Waals surface area (Å²) in [7, 11) is 0. The number of hydrogen-bond donors (Lipinski definition) is 2. The monoisotopic (exact) mass is 224 g/mol. The first-order valence-corrected chi connectivity index (χ1v) is 5.35. The molecule has 0 unspecified atom stereocenters. The molecule has 0 spiro atoms. The maximum absolute atomic E-state index is 10.4. The molecule has 76 valence electrons. The van der Waals surface area contributed by atoms with Gasteiger partial charge >= 0.3 is 0 Å². The number of amides is 2. The molecule has 0 radical (unpaired) electrons. The fourth-order valence-electron chi connectivity index (χ4n) is 0.344. The van der Waals surface area contributed by atoms with Gasteiger partial charge in [-0.3, -0.25) is 9.59 Å². The Bertz CT molecular complexity index is 159. The zero-order valence-corrected chi connectivity index (χ0v) is 9.09. The second-order valence-electron chi connectivity index (χ2n) is 2.06. The van der Waals surface area contributed by atoms with Crippen LogP contribution in [0.2, 0.25) is 0 Å². The summed E-state index contributed by atoms with van der Waals surface area (Å²) in [5.41, 5.74) is 0. The predicted octanol–water partition coefficient (Wildman–Crippen LogP) is 0.487. The Balaban J connectivity index is 3.00. The molecule has 0 bridgehead atoms. The molecule has 5 nitrogen and oxygen atoms in total. The molecule has 2 N–H and O–H groups in total. The van der Waals surface area contributed by atoms with Crippen LogP contribution in [0.4, 0.5) is 0 Å². The van der Waals surface area contributed by atoms with E-state index in [9.17, 15) is 9.59 Å². The summed E-state index contributed by atoms with van der Waals surface area (Å²) in [6, 6.07) is 0. The first-order chi connectivity index (χ1) is 6.13. The highest BCUT2D eigenvalue weighted by atomic mass is 32.2. The van der Waals surface area contributed by atoms with Crippen LogP contribution < -0.4 is 10.6 Å². The fraction of sp³-hybridized carbons (Fsp3) is 0.667. The number of carbonyl (C=O) groups is 2. The van der Waals surface area contributed by atoms with Crippen LogP contribution in [0.5, 0.6) is 0 Å². The standard InChI is InChI=1S/C6H12N2O3S2/c1-5(9)7-3-12-11-13-4-8-6(2)10/h3-4H2,1-2H3,(H,7,9)(H,8,10). The second kappa shape index (κ2) is 8.21. The third-order valence-corrected chi connectivity index (χ3v) is 2.15. The van der Waals surface area contributed by atoms with Crippen LogP contribution in [0.25, 0.3) is 0 Å². The highest BCUT2D eigenvalue weighted by Crippen LogP contribution is 2.11. The van der Waals surface area contributed by atoms with Gasteiger partial charge in [0, 0.05) is 37.9 Å². The van der Waals surface area contributed by atoms with Crippen molar-refractivity contribution in [2.24, 2.45) is 0 Å². The molecule has 0 saturated heterocycles. The molecule has 0 saturated carbocycles. The normalized spacial score (nSPS) is 9.38. The Morgan fingerprint density at radius 1 is 1.08 bits per heavy atom. The SMILES string of the molecule is CC(=O)NCSOSCNC(C)=O. The Morgan fingerprint density at radius 2 is 1.46 bits per heavy atom. The van der Waals surface area contributed by atoms with Crippen LogP contribution in [-0.2, 0) is 13.2 Å². The van der Waals surface area contributed by atoms with E-state index in [0.717, 1.165) is 24.1 Å². The van der Waals surface area contributed by atoms with Crippen LogP contribution in [0.3, 0.4) is 0 Å². The van der Waals surface area contributed by atoms with Gasteiger partial charge in [0.2, 0.25) is 11.8 Å². The minimum atomic E-state index is -0.0945. The molecule has 0 heterocycles. The molecule has 2 amide bonds. The van der Waals surface area contributed by atoms with Crippen molar-refractivity contribution >= 4 is 35.9 Å². The Kier molecular flexibility index (Phi) is 7.96. The van der Waals surface area contributed by atoms with Crippen molar-refractivity contribution in [3.05, 3.63) is 0 Å². The Morgan fingerprint density at radius 3 is 1.77 bits per heavy atom.